The molecule has 0 saturated heterocycles. The average Bonchev–Trinajstić information content (AvgIpc) is 2.72. The van der Waals surface area contributed by atoms with Gasteiger partial charge in [-0.1, -0.05) is 31.6 Å². The molecule has 1 aliphatic rings. The van der Waals surface area contributed by atoms with Crippen LogP contribution in [0.25, 0.3) is 11.1 Å². The Morgan fingerprint density at radius 1 is 0.857 bits per heavy atom. The minimum Gasteiger partial charge on any atom is -0.462 e. The molecular formula is C23H24F4O. The van der Waals surface area contributed by atoms with Crippen LogP contribution in [-0.2, 0) is 0 Å². The standard InChI is InChI=1S/C23H24F4O/c1-3-13-28-19-12-11-18(22(26)23(19)27)17-10-9-16(20(24)21(17)25)15-7-5-14(4-2)6-8-15/h3,9-15H,4-8H2,1-2H3/b13-3+. The van der Waals surface area contributed by atoms with Gasteiger partial charge in [0, 0.05) is 11.1 Å². The van der Waals surface area contributed by atoms with Crippen LogP contribution in [0.3, 0.4) is 0 Å². The van der Waals surface area contributed by atoms with Gasteiger partial charge in [0.25, 0.3) is 0 Å². The third-order valence-electron chi connectivity index (χ3n) is 5.64. The minimum absolute atomic E-state index is 0.0375. The first-order valence-electron chi connectivity index (χ1n) is 9.71. The van der Waals surface area contributed by atoms with Crippen LogP contribution in [0, 0.1) is 29.2 Å². The summed E-state index contributed by atoms with van der Waals surface area (Å²) in [6.45, 7) is 3.81. The van der Waals surface area contributed by atoms with Crippen LogP contribution in [0.2, 0.25) is 0 Å². The van der Waals surface area contributed by atoms with Gasteiger partial charge in [-0.3, -0.25) is 0 Å². The summed E-state index contributed by atoms with van der Waals surface area (Å²) in [5.41, 5.74) is -0.301. The normalized spacial score (nSPS) is 19.9. The molecule has 0 N–H and O–H groups in total. The van der Waals surface area contributed by atoms with Crippen LogP contribution >= 0.6 is 0 Å². The summed E-state index contributed by atoms with van der Waals surface area (Å²) in [5, 5.41) is 0. The van der Waals surface area contributed by atoms with Gasteiger partial charge >= 0.3 is 0 Å². The zero-order chi connectivity index (χ0) is 20.3. The molecule has 0 heterocycles. The summed E-state index contributed by atoms with van der Waals surface area (Å²) in [6.07, 6.45) is 7.45. The Hall–Kier alpha value is -2.30. The summed E-state index contributed by atoms with van der Waals surface area (Å²) in [5.74, 6) is -4.33. The van der Waals surface area contributed by atoms with Gasteiger partial charge < -0.3 is 4.74 Å². The van der Waals surface area contributed by atoms with Crippen molar-refractivity contribution in [2.24, 2.45) is 5.92 Å². The molecule has 150 valence electrons. The molecule has 28 heavy (non-hydrogen) atoms. The van der Waals surface area contributed by atoms with E-state index in [0.29, 0.717) is 11.5 Å². The Kier molecular flexibility index (Phi) is 6.42. The number of hydrogen-bond acceptors (Lipinski definition) is 1. The molecule has 2 aromatic rings. The Bertz CT molecular complexity index is 867. The summed E-state index contributed by atoms with van der Waals surface area (Å²) in [6, 6.07) is 5.24. The smallest absolute Gasteiger partial charge is 0.201 e. The van der Waals surface area contributed by atoms with E-state index >= 15 is 0 Å². The third-order valence-corrected chi connectivity index (χ3v) is 5.64. The lowest BCUT2D eigenvalue weighted by Gasteiger charge is -2.28. The quantitative estimate of drug-likeness (QED) is 0.378. The second kappa shape index (κ2) is 8.80. The molecule has 0 radical (unpaired) electrons. The van der Waals surface area contributed by atoms with Crippen molar-refractivity contribution in [1.82, 2.24) is 0 Å². The molecule has 0 unspecified atom stereocenters. The van der Waals surface area contributed by atoms with Crippen molar-refractivity contribution in [2.75, 3.05) is 0 Å². The lowest BCUT2D eigenvalue weighted by molar-refractivity contribution is 0.312. The number of hydrogen-bond donors (Lipinski definition) is 0. The fourth-order valence-electron chi connectivity index (χ4n) is 3.94. The summed E-state index contributed by atoms with van der Waals surface area (Å²) < 4.78 is 63.1. The van der Waals surface area contributed by atoms with E-state index in [1.54, 1.807) is 6.92 Å². The van der Waals surface area contributed by atoms with E-state index in [1.165, 1.54) is 36.6 Å². The Labute approximate surface area is 163 Å². The van der Waals surface area contributed by atoms with Crippen LogP contribution in [0.5, 0.6) is 5.75 Å². The van der Waals surface area contributed by atoms with E-state index in [-0.39, 0.29) is 22.8 Å². The second-order valence-corrected chi connectivity index (χ2v) is 7.28. The van der Waals surface area contributed by atoms with E-state index in [2.05, 4.69) is 6.92 Å². The van der Waals surface area contributed by atoms with Crippen molar-refractivity contribution in [3.05, 3.63) is 65.4 Å². The molecule has 3 rings (SSSR count). The van der Waals surface area contributed by atoms with E-state index in [9.17, 15) is 17.6 Å². The highest BCUT2D eigenvalue weighted by Gasteiger charge is 2.27. The molecular weight excluding hydrogens is 368 g/mol. The van der Waals surface area contributed by atoms with Gasteiger partial charge in [0.05, 0.1) is 6.26 Å². The van der Waals surface area contributed by atoms with E-state index in [0.717, 1.165) is 32.1 Å². The van der Waals surface area contributed by atoms with Crippen LogP contribution in [0.4, 0.5) is 17.6 Å². The van der Waals surface area contributed by atoms with Crippen molar-refractivity contribution >= 4 is 0 Å². The SMILES string of the molecule is C/C=C/Oc1ccc(-c2ccc(C3CCC(CC)CC3)c(F)c2F)c(F)c1F. The average molecular weight is 392 g/mol. The second-order valence-electron chi connectivity index (χ2n) is 7.28. The fraction of sp³-hybridized carbons (Fsp3) is 0.391. The first kappa shape index (κ1) is 20.4. The zero-order valence-electron chi connectivity index (χ0n) is 16.1. The zero-order valence-corrected chi connectivity index (χ0v) is 16.1. The molecule has 1 nitrogen and oxygen atoms in total. The molecule has 0 aliphatic heterocycles. The maximum Gasteiger partial charge on any atom is 0.201 e. The van der Waals surface area contributed by atoms with E-state index in [4.69, 9.17) is 4.74 Å². The molecule has 5 heteroatoms. The molecule has 0 aromatic heterocycles. The van der Waals surface area contributed by atoms with Crippen molar-refractivity contribution in [3.63, 3.8) is 0 Å². The molecule has 0 atom stereocenters. The molecule has 1 fully saturated rings. The van der Waals surface area contributed by atoms with E-state index in [1.807, 2.05) is 0 Å². The monoisotopic (exact) mass is 392 g/mol. The van der Waals surface area contributed by atoms with Crippen LogP contribution in [-0.4, -0.2) is 0 Å². The van der Waals surface area contributed by atoms with Crippen molar-refractivity contribution in [3.8, 4) is 16.9 Å². The lowest BCUT2D eigenvalue weighted by Crippen LogP contribution is -2.14. The predicted octanol–water partition coefficient (Wildman–Crippen LogP) is 7.51. The topological polar surface area (TPSA) is 9.23 Å². The van der Waals surface area contributed by atoms with Crippen molar-refractivity contribution in [2.45, 2.75) is 51.9 Å². The molecule has 1 saturated carbocycles. The van der Waals surface area contributed by atoms with Gasteiger partial charge in [0.15, 0.2) is 23.2 Å². The molecule has 0 amide bonds. The van der Waals surface area contributed by atoms with Crippen LogP contribution < -0.4 is 4.74 Å². The summed E-state index contributed by atoms with van der Waals surface area (Å²) in [7, 11) is 0. The van der Waals surface area contributed by atoms with Gasteiger partial charge in [0.1, 0.15) is 0 Å². The maximum atomic E-state index is 14.8. The maximum absolute atomic E-state index is 14.8. The minimum atomic E-state index is -1.27. The van der Waals surface area contributed by atoms with Crippen LogP contribution in [0.1, 0.15) is 57.4 Å². The largest absolute Gasteiger partial charge is 0.462 e. The van der Waals surface area contributed by atoms with Crippen LogP contribution in [0.15, 0.2) is 36.6 Å². The summed E-state index contributed by atoms with van der Waals surface area (Å²) >= 11 is 0. The van der Waals surface area contributed by atoms with Gasteiger partial charge in [-0.05, 0) is 62.1 Å². The Morgan fingerprint density at radius 2 is 1.46 bits per heavy atom. The Balaban J connectivity index is 1.92. The number of benzene rings is 2. The number of allylic oxidation sites excluding steroid dienone is 1. The van der Waals surface area contributed by atoms with Crippen molar-refractivity contribution in [1.29, 1.82) is 0 Å². The summed E-state index contributed by atoms with van der Waals surface area (Å²) in [4.78, 5) is 0. The fourth-order valence-corrected chi connectivity index (χ4v) is 3.94. The molecule has 0 spiro atoms. The first-order chi connectivity index (χ1) is 13.5. The molecule has 0 bridgehead atoms. The van der Waals surface area contributed by atoms with Gasteiger partial charge in [-0.2, -0.15) is 4.39 Å². The van der Waals surface area contributed by atoms with E-state index < -0.39 is 23.3 Å². The highest BCUT2D eigenvalue weighted by Crippen LogP contribution is 2.40. The number of halogens is 4. The lowest BCUT2D eigenvalue weighted by atomic mass is 9.77. The first-order valence-corrected chi connectivity index (χ1v) is 9.71. The highest BCUT2D eigenvalue weighted by atomic mass is 19.2. The van der Waals surface area contributed by atoms with Gasteiger partial charge in [-0.25, -0.2) is 13.2 Å². The van der Waals surface area contributed by atoms with Gasteiger partial charge in [0.2, 0.25) is 5.82 Å². The third kappa shape index (κ3) is 3.94. The highest BCUT2D eigenvalue weighted by molar-refractivity contribution is 5.66. The molecule has 2 aromatic carbocycles. The predicted molar refractivity (Wildman–Crippen MR) is 102 cm³/mol. The Morgan fingerprint density at radius 3 is 2.07 bits per heavy atom. The van der Waals surface area contributed by atoms with Gasteiger partial charge in [-0.15, -0.1) is 0 Å². The number of rotatable bonds is 5. The number of ether oxygens (including phenoxy) is 1. The van der Waals surface area contributed by atoms with Crippen molar-refractivity contribution < 1.29 is 22.3 Å². The molecule has 1 aliphatic carbocycles.